The number of carbonyl (C=O) groups excluding carboxylic acids is 2. The molecular weight excluding hydrogens is 493 g/mol. The number of nitrogens with zero attached hydrogens (tertiary/aromatic N) is 2. The van der Waals surface area contributed by atoms with Crippen LogP contribution in [0.5, 0.6) is 0 Å². The maximum absolute atomic E-state index is 12.0. The standard InChI is InChI=1S/C22H29N5O2.HI/c1-23-22(25-15-18-9-11-19(12-10-18)21(29)27(2)3)26-16-20(28)24-14-13-17-7-5-4-6-8-17;/h4-12H,13-16H2,1-3H3,(H,24,28)(H2,23,25,26);1H. The Labute approximate surface area is 195 Å². The summed E-state index contributed by atoms with van der Waals surface area (Å²) in [5, 5.41) is 9.05. The van der Waals surface area contributed by atoms with E-state index in [1.54, 1.807) is 38.2 Å². The number of amides is 2. The second kappa shape index (κ2) is 13.6. The van der Waals surface area contributed by atoms with Crippen molar-refractivity contribution in [1.82, 2.24) is 20.9 Å². The number of benzene rings is 2. The van der Waals surface area contributed by atoms with Gasteiger partial charge in [0.25, 0.3) is 5.91 Å². The van der Waals surface area contributed by atoms with Crippen LogP contribution in [0.2, 0.25) is 0 Å². The minimum atomic E-state index is -0.0876. The molecule has 0 atom stereocenters. The summed E-state index contributed by atoms with van der Waals surface area (Å²) >= 11 is 0. The van der Waals surface area contributed by atoms with Crippen LogP contribution in [-0.4, -0.2) is 56.9 Å². The summed E-state index contributed by atoms with van der Waals surface area (Å²) in [6.45, 7) is 1.27. The van der Waals surface area contributed by atoms with Crippen molar-refractivity contribution in [2.75, 3.05) is 34.2 Å². The second-order valence-corrected chi connectivity index (χ2v) is 6.76. The summed E-state index contributed by atoms with van der Waals surface area (Å²) in [6.07, 6.45) is 0.797. The van der Waals surface area contributed by atoms with Gasteiger partial charge in [0.05, 0.1) is 6.54 Å². The van der Waals surface area contributed by atoms with Crippen LogP contribution in [0.3, 0.4) is 0 Å². The zero-order valence-corrected chi connectivity index (χ0v) is 20.0. The van der Waals surface area contributed by atoms with Crippen LogP contribution in [0.4, 0.5) is 0 Å². The molecule has 0 aliphatic heterocycles. The Morgan fingerprint density at radius 1 is 0.900 bits per heavy atom. The average molecular weight is 523 g/mol. The van der Waals surface area contributed by atoms with Gasteiger partial charge < -0.3 is 20.9 Å². The van der Waals surface area contributed by atoms with Gasteiger partial charge in [-0.3, -0.25) is 14.6 Å². The molecule has 0 aromatic heterocycles. The molecule has 0 fully saturated rings. The fourth-order valence-corrected chi connectivity index (χ4v) is 2.65. The van der Waals surface area contributed by atoms with Crippen LogP contribution in [0, 0.1) is 0 Å². The van der Waals surface area contributed by atoms with Crippen molar-refractivity contribution in [1.29, 1.82) is 0 Å². The van der Waals surface area contributed by atoms with Crippen molar-refractivity contribution in [2.24, 2.45) is 4.99 Å². The smallest absolute Gasteiger partial charge is 0.253 e. The topological polar surface area (TPSA) is 85.8 Å². The van der Waals surface area contributed by atoms with Crippen molar-refractivity contribution < 1.29 is 9.59 Å². The molecule has 0 saturated carbocycles. The Balaban J connectivity index is 0.00000450. The summed E-state index contributed by atoms with van der Waals surface area (Å²) < 4.78 is 0. The molecule has 0 bridgehead atoms. The molecule has 30 heavy (non-hydrogen) atoms. The number of guanidine groups is 1. The van der Waals surface area contributed by atoms with Crippen molar-refractivity contribution in [3.05, 3.63) is 71.3 Å². The minimum Gasteiger partial charge on any atom is -0.354 e. The van der Waals surface area contributed by atoms with E-state index in [0.29, 0.717) is 24.6 Å². The lowest BCUT2D eigenvalue weighted by Crippen LogP contribution is -2.43. The third-order valence-electron chi connectivity index (χ3n) is 4.29. The van der Waals surface area contributed by atoms with Crippen LogP contribution < -0.4 is 16.0 Å². The Kier molecular flexibility index (Phi) is 11.5. The monoisotopic (exact) mass is 523 g/mol. The Morgan fingerprint density at radius 3 is 2.17 bits per heavy atom. The molecule has 2 amide bonds. The molecular formula is C22H30IN5O2. The highest BCUT2D eigenvalue weighted by Gasteiger charge is 2.08. The van der Waals surface area contributed by atoms with Gasteiger partial charge in [-0.1, -0.05) is 42.5 Å². The number of hydrogen-bond acceptors (Lipinski definition) is 3. The van der Waals surface area contributed by atoms with Crippen LogP contribution in [0.15, 0.2) is 59.6 Å². The molecule has 0 heterocycles. The zero-order valence-electron chi connectivity index (χ0n) is 17.6. The molecule has 0 aliphatic rings. The van der Waals surface area contributed by atoms with Crippen LogP contribution >= 0.6 is 24.0 Å². The predicted molar refractivity (Wildman–Crippen MR) is 131 cm³/mol. The molecule has 8 heteroatoms. The molecule has 0 aliphatic carbocycles. The lowest BCUT2D eigenvalue weighted by atomic mass is 10.1. The van der Waals surface area contributed by atoms with Gasteiger partial charge >= 0.3 is 0 Å². The van der Waals surface area contributed by atoms with Gasteiger partial charge in [-0.2, -0.15) is 0 Å². The zero-order chi connectivity index (χ0) is 21.1. The summed E-state index contributed by atoms with van der Waals surface area (Å²) in [5.74, 6) is 0.423. The maximum Gasteiger partial charge on any atom is 0.253 e. The summed E-state index contributed by atoms with van der Waals surface area (Å²) in [5.41, 5.74) is 2.85. The number of nitrogens with one attached hydrogen (secondary N) is 3. The highest BCUT2D eigenvalue weighted by molar-refractivity contribution is 14.0. The minimum absolute atomic E-state index is 0. The molecule has 162 valence electrons. The van der Waals surface area contributed by atoms with Crippen molar-refractivity contribution in [3.63, 3.8) is 0 Å². The van der Waals surface area contributed by atoms with E-state index in [-0.39, 0.29) is 42.3 Å². The molecule has 2 aromatic carbocycles. The molecule has 2 aromatic rings. The summed E-state index contributed by atoms with van der Waals surface area (Å²) in [4.78, 5) is 29.6. The van der Waals surface area contributed by atoms with Crippen LogP contribution in [0.1, 0.15) is 21.5 Å². The predicted octanol–water partition coefficient (Wildman–Crippen LogP) is 2.03. The van der Waals surface area contributed by atoms with Gasteiger partial charge in [0.15, 0.2) is 5.96 Å². The molecule has 2 rings (SSSR count). The van der Waals surface area contributed by atoms with E-state index in [4.69, 9.17) is 0 Å². The molecule has 0 saturated heterocycles. The SMILES string of the molecule is CN=C(NCC(=O)NCCc1ccccc1)NCc1ccc(C(=O)N(C)C)cc1.I. The molecule has 0 unspecified atom stereocenters. The summed E-state index contributed by atoms with van der Waals surface area (Å²) in [6, 6.07) is 17.4. The van der Waals surface area contributed by atoms with Crippen molar-refractivity contribution in [3.8, 4) is 0 Å². The first-order valence-corrected chi connectivity index (χ1v) is 9.55. The molecule has 7 nitrogen and oxygen atoms in total. The van der Waals surface area contributed by atoms with E-state index < -0.39 is 0 Å². The Bertz CT molecular complexity index is 823. The largest absolute Gasteiger partial charge is 0.354 e. The highest BCUT2D eigenvalue weighted by atomic mass is 127. The van der Waals surface area contributed by atoms with Crippen LogP contribution in [-0.2, 0) is 17.8 Å². The summed E-state index contributed by atoms with van der Waals surface area (Å²) in [7, 11) is 5.11. The van der Waals surface area contributed by atoms with Gasteiger partial charge in [-0.15, -0.1) is 24.0 Å². The second-order valence-electron chi connectivity index (χ2n) is 6.76. The van der Waals surface area contributed by atoms with Gasteiger partial charge in [0, 0.05) is 39.8 Å². The van der Waals surface area contributed by atoms with Crippen molar-refractivity contribution >= 4 is 41.8 Å². The molecule has 0 radical (unpaired) electrons. The average Bonchev–Trinajstić information content (AvgIpc) is 2.74. The number of aliphatic imine (C=N–C) groups is 1. The van der Waals surface area contributed by atoms with E-state index >= 15 is 0 Å². The van der Waals surface area contributed by atoms with E-state index in [9.17, 15) is 9.59 Å². The number of carbonyl (C=O) groups is 2. The molecule has 0 spiro atoms. The van der Waals surface area contributed by atoms with Gasteiger partial charge in [-0.25, -0.2) is 0 Å². The van der Waals surface area contributed by atoms with Crippen molar-refractivity contribution in [2.45, 2.75) is 13.0 Å². The first kappa shape index (κ1) is 25.4. The first-order valence-electron chi connectivity index (χ1n) is 9.55. The van der Waals surface area contributed by atoms with Gasteiger partial charge in [0.1, 0.15) is 0 Å². The number of hydrogen-bond donors (Lipinski definition) is 3. The highest BCUT2D eigenvalue weighted by Crippen LogP contribution is 2.06. The van der Waals surface area contributed by atoms with E-state index in [0.717, 1.165) is 12.0 Å². The number of halogens is 1. The van der Waals surface area contributed by atoms with E-state index in [1.165, 1.54) is 5.56 Å². The van der Waals surface area contributed by atoms with E-state index in [1.807, 2.05) is 42.5 Å². The van der Waals surface area contributed by atoms with Gasteiger partial charge in [-0.05, 0) is 29.7 Å². The normalized spacial score (nSPS) is 10.6. The fraction of sp³-hybridized carbons (Fsp3) is 0.318. The van der Waals surface area contributed by atoms with Crippen LogP contribution in [0.25, 0.3) is 0 Å². The van der Waals surface area contributed by atoms with E-state index in [2.05, 4.69) is 20.9 Å². The van der Waals surface area contributed by atoms with Gasteiger partial charge in [0.2, 0.25) is 5.91 Å². The maximum atomic E-state index is 12.0. The Hall–Kier alpha value is -2.62. The third kappa shape index (κ3) is 8.81. The first-order chi connectivity index (χ1) is 14.0. The quantitative estimate of drug-likeness (QED) is 0.281. The lowest BCUT2D eigenvalue weighted by molar-refractivity contribution is -0.119. The third-order valence-corrected chi connectivity index (χ3v) is 4.29. The fourth-order valence-electron chi connectivity index (χ4n) is 2.65. The number of rotatable bonds is 8. The lowest BCUT2D eigenvalue weighted by Gasteiger charge is -2.13. The Morgan fingerprint density at radius 2 is 1.57 bits per heavy atom. The molecule has 3 N–H and O–H groups in total.